The highest BCUT2D eigenvalue weighted by atomic mass is 16.4. The summed E-state index contributed by atoms with van der Waals surface area (Å²) in [6.45, 7) is 4.50. The Hall–Kier alpha value is -3.66. The van der Waals surface area contributed by atoms with Gasteiger partial charge >= 0.3 is 5.97 Å². The normalized spacial score (nSPS) is 14.5. The van der Waals surface area contributed by atoms with Gasteiger partial charge in [0.25, 0.3) is 0 Å². The van der Waals surface area contributed by atoms with Crippen LogP contribution in [-0.2, 0) is 19.2 Å². The number of hydrogen-bond donors (Lipinski definition) is 10. The monoisotopic (exact) mass is 571 g/mol. The first-order valence-corrected chi connectivity index (χ1v) is 13.5. The summed E-state index contributed by atoms with van der Waals surface area (Å²) in [5.41, 5.74) is 32.9. The molecule has 40 heavy (non-hydrogen) atoms. The maximum absolute atomic E-state index is 13.3. The zero-order valence-electron chi connectivity index (χ0n) is 23.6. The molecule has 5 atom stereocenters. The van der Waals surface area contributed by atoms with E-state index in [-0.39, 0.29) is 50.2 Å². The minimum absolute atomic E-state index is 0.102. The van der Waals surface area contributed by atoms with Gasteiger partial charge in [0.15, 0.2) is 11.9 Å². The molecule has 0 aliphatic heterocycles. The van der Waals surface area contributed by atoms with Crippen molar-refractivity contribution < 1.29 is 24.3 Å². The lowest BCUT2D eigenvalue weighted by Crippen LogP contribution is -2.57. The van der Waals surface area contributed by atoms with Crippen LogP contribution in [0.4, 0.5) is 0 Å². The summed E-state index contributed by atoms with van der Waals surface area (Å²) in [6, 6.07) is -4.19. The molecule has 0 unspecified atom stereocenters. The number of aliphatic imine (C=N–C) groups is 2. The Morgan fingerprint density at radius 3 is 1.55 bits per heavy atom. The third kappa shape index (κ3) is 15.7. The number of unbranched alkanes of at least 4 members (excludes halogenated alkanes) is 1. The highest BCUT2D eigenvalue weighted by Gasteiger charge is 2.30. The molecule has 0 saturated heterocycles. The van der Waals surface area contributed by atoms with E-state index in [9.17, 15) is 24.3 Å². The van der Waals surface area contributed by atoms with Crippen LogP contribution in [0.2, 0.25) is 0 Å². The van der Waals surface area contributed by atoms with Crippen LogP contribution in [-0.4, -0.2) is 84.5 Å². The van der Waals surface area contributed by atoms with Gasteiger partial charge in [-0.25, -0.2) is 4.79 Å². The van der Waals surface area contributed by atoms with E-state index in [4.69, 9.17) is 34.4 Å². The Bertz CT molecular complexity index is 860. The van der Waals surface area contributed by atoms with Gasteiger partial charge in [-0.15, -0.1) is 0 Å². The van der Waals surface area contributed by atoms with E-state index < -0.39 is 47.9 Å². The predicted molar refractivity (Wildman–Crippen MR) is 154 cm³/mol. The molecule has 0 radical (unpaired) electrons. The van der Waals surface area contributed by atoms with Crippen molar-refractivity contribution in [3.8, 4) is 0 Å². The number of carboxylic acid groups (broad SMARTS) is 1. The average molecular weight is 572 g/mol. The SMILES string of the molecule is CC[C@H](C)[C@H](N)C(=O)N[C@@H](CCCN=C(N)N)C(=O)N[C@@H](CCCN=C(N)N)C(=O)N[C@@H](CCCCN)C(=O)O. The summed E-state index contributed by atoms with van der Waals surface area (Å²) < 4.78 is 0. The van der Waals surface area contributed by atoms with Gasteiger partial charge in [-0.1, -0.05) is 20.3 Å². The number of amides is 3. The minimum atomic E-state index is -1.21. The van der Waals surface area contributed by atoms with Crippen LogP contribution in [0, 0.1) is 5.92 Å². The fourth-order valence-electron chi connectivity index (χ4n) is 3.62. The molecule has 0 heterocycles. The van der Waals surface area contributed by atoms with E-state index in [0.717, 1.165) is 0 Å². The van der Waals surface area contributed by atoms with Crippen molar-refractivity contribution >= 4 is 35.6 Å². The van der Waals surface area contributed by atoms with Crippen LogP contribution in [0.3, 0.4) is 0 Å². The second-order valence-corrected chi connectivity index (χ2v) is 9.62. The molecule has 3 amide bonds. The molecule has 16 N–H and O–H groups in total. The van der Waals surface area contributed by atoms with Crippen molar-refractivity contribution in [2.45, 2.75) is 89.4 Å². The van der Waals surface area contributed by atoms with Crippen LogP contribution in [0.5, 0.6) is 0 Å². The first-order chi connectivity index (χ1) is 18.8. The molecule has 16 heteroatoms. The molecule has 230 valence electrons. The van der Waals surface area contributed by atoms with Crippen molar-refractivity contribution in [2.75, 3.05) is 19.6 Å². The van der Waals surface area contributed by atoms with Crippen LogP contribution in [0.1, 0.15) is 65.2 Å². The maximum Gasteiger partial charge on any atom is 0.326 e. The fourth-order valence-corrected chi connectivity index (χ4v) is 3.62. The van der Waals surface area contributed by atoms with Gasteiger partial charge < -0.3 is 55.5 Å². The number of nitrogens with one attached hydrogen (secondary N) is 3. The highest BCUT2D eigenvalue weighted by molar-refractivity contribution is 5.94. The molecule has 16 nitrogen and oxygen atoms in total. The topological polar surface area (TPSA) is 305 Å². The Kier molecular flexibility index (Phi) is 18.4. The predicted octanol–water partition coefficient (Wildman–Crippen LogP) is -2.87. The number of rotatable bonds is 21. The Balaban J connectivity index is 5.77. The van der Waals surface area contributed by atoms with Crippen molar-refractivity contribution in [3.05, 3.63) is 0 Å². The summed E-state index contributed by atoms with van der Waals surface area (Å²) >= 11 is 0. The molecular formula is C24H49N11O5. The van der Waals surface area contributed by atoms with Crippen molar-refractivity contribution in [3.63, 3.8) is 0 Å². The quantitative estimate of drug-likeness (QED) is 0.0379. The van der Waals surface area contributed by atoms with E-state index in [0.29, 0.717) is 38.6 Å². The Labute approximate surface area is 235 Å². The fraction of sp³-hybridized carbons (Fsp3) is 0.750. The number of nitrogens with two attached hydrogens (primary N) is 6. The average Bonchev–Trinajstić information content (AvgIpc) is 2.89. The standard InChI is InChI=1S/C24H49N11O5/c1-3-14(2)18(26)21(38)34-16(10-7-13-32-24(29)30)19(36)33-15(9-6-12-31-23(27)28)20(37)35-17(22(39)40)8-4-5-11-25/h14-18H,3-13,25-26H2,1-2H3,(H,33,36)(H,34,38)(H,35,37)(H,39,40)(H4,27,28,31)(H4,29,30,32)/t14-,15-,16-,17-,18-/m0/s1. The molecule has 0 aromatic rings. The number of carboxylic acids is 1. The van der Waals surface area contributed by atoms with E-state index in [1.54, 1.807) is 0 Å². The van der Waals surface area contributed by atoms with E-state index in [2.05, 4.69) is 25.9 Å². The van der Waals surface area contributed by atoms with Crippen LogP contribution in [0.15, 0.2) is 9.98 Å². The number of carbonyl (C=O) groups excluding carboxylic acids is 3. The first kappa shape index (κ1) is 36.3. The van der Waals surface area contributed by atoms with Gasteiger partial charge in [0, 0.05) is 13.1 Å². The van der Waals surface area contributed by atoms with E-state index in [1.807, 2.05) is 13.8 Å². The molecule has 0 spiro atoms. The zero-order chi connectivity index (χ0) is 30.7. The van der Waals surface area contributed by atoms with Gasteiger partial charge in [0.05, 0.1) is 6.04 Å². The van der Waals surface area contributed by atoms with Crippen molar-refractivity contribution in [1.29, 1.82) is 0 Å². The molecule has 0 aliphatic rings. The largest absolute Gasteiger partial charge is 0.480 e. The second kappa shape index (κ2) is 20.3. The van der Waals surface area contributed by atoms with Gasteiger partial charge in [-0.2, -0.15) is 0 Å². The molecule has 0 aromatic heterocycles. The summed E-state index contributed by atoms with van der Waals surface area (Å²) in [7, 11) is 0. The van der Waals surface area contributed by atoms with Gasteiger partial charge in [0.1, 0.15) is 18.1 Å². The summed E-state index contributed by atoms with van der Waals surface area (Å²) in [5.74, 6) is -3.44. The first-order valence-electron chi connectivity index (χ1n) is 13.5. The molecule has 0 bridgehead atoms. The zero-order valence-corrected chi connectivity index (χ0v) is 23.6. The van der Waals surface area contributed by atoms with E-state index in [1.165, 1.54) is 0 Å². The number of guanidine groups is 2. The Morgan fingerprint density at radius 1 is 0.725 bits per heavy atom. The maximum atomic E-state index is 13.3. The van der Waals surface area contributed by atoms with Crippen molar-refractivity contribution in [1.82, 2.24) is 16.0 Å². The van der Waals surface area contributed by atoms with Crippen molar-refractivity contribution in [2.24, 2.45) is 50.3 Å². The highest BCUT2D eigenvalue weighted by Crippen LogP contribution is 2.09. The van der Waals surface area contributed by atoms with Crippen LogP contribution in [0.25, 0.3) is 0 Å². The molecule has 0 fully saturated rings. The van der Waals surface area contributed by atoms with Crippen LogP contribution >= 0.6 is 0 Å². The third-order valence-electron chi connectivity index (χ3n) is 6.28. The number of carbonyl (C=O) groups is 4. The molecule has 0 saturated carbocycles. The molecule has 0 aromatic carbocycles. The lowest BCUT2D eigenvalue weighted by molar-refractivity contribution is -0.142. The van der Waals surface area contributed by atoms with Gasteiger partial charge in [-0.05, 0) is 57.4 Å². The summed E-state index contributed by atoms with van der Waals surface area (Å²) in [5, 5.41) is 17.3. The van der Waals surface area contributed by atoms with Crippen LogP contribution < -0.4 is 50.4 Å². The third-order valence-corrected chi connectivity index (χ3v) is 6.28. The lowest BCUT2D eigenvalue weighted by Gasteiger charge is -2.26. The Morgan fingerprint density at radius 2 is 1.15 bits per heavy atom. The molecule has 0 rings (SSSR count). The second-order valence-electron chi connectivity index (χ2n) is 9.62. The lowest BCUT2D eigenvalue weighted by atomic mass is 9.98. The number of hydrogen-bond acceptors (Lipinski definition) is 8. The summed E-state index contributed by atoms with van der Waals surface area (Å²) in [4.78, 5) is 58.7. The molecular weight excluding hydrogens is 522 g/mol. The number of aliphatic carboxylic acids is 1. The molecule has 0 aliphatic carbocycles. The number of nitrogens with zero attached hydrogens (tertiary/aromatic N) is 2. The van der Waals surface area contributed by atoms with Gasteiger partial charge in [-0.3, -0.25) is 24.4 Å². The minimum Gasteiger partial charge on any atom is -0.480 e. The summed E-state index contributed by atoms with van der Waals surface area (Å²) in [6.07, 6.45) is 2.83. The van der Waals surface area contributed by atoms with Gasteiger partial charge in [0.2, 0.25) is 17.7 Å². The van der Waals surface area contributed by atoms with E-state index >= 15 is 0 Å². The smallest absolute Gasteiger partial charge is 0.326 e.